The molecule has 0 atom stereocenters. The van der Waals surface area contributed by atoms with Crippen LogP contribution in [0.25, 0.3) is 0 Å². The van der Waals surface area contributed by atoms with Crippen LogP contribution < -0.4 is 10.1 Å². The van der Waals surface area contributed by atoms with Crippen LogP contribution in [0.1, 0.15) is 16.7 Å². The summed E-state index contributed by atoms with van der Waals surface area (Å²) in [5, 5.41) is 0. The topological polar surface area (TPSA) is 18.5 Å². The van der Waals surface area contributed by atoms with Crippen molar-refractivity contribution in [2.24, 2.45) is 0 Å². The van der Waals surface area contributed by atoms with Crippen LogP contribution in [0.5, 0.6) is 5.75 Å². The highest BCUT2D eigenvalue weighted by Crippen LogP contribution is 2.28. The molecular formula is C15H15BO2. The minimum Gasteiger partial charge on any atom is -0.532 e. The van der Waals surface area contributed by atoms with Crippen LogP contribution in [0.15, 0.2) is 42.5 Å². The second-order valence-electron chi connectivity index (χ2n) is 4.72. The SMILES string of the molecule is Cc1cc2c(cc1C)OB(c1ccccc1)OC2. The predicted molar refractivity (Wildman–Crippen MR) is 73.2 cm³/mol. The van der Waals surface area contributed by atoms with Crippen LogP contribution in [0.4, 0.5) is 0 Å². The van der Waals surface area contributed by atoms with Gasteiger partial charge in [0.25, 0.3) is 0 Å². The van der Waals surface area contributed by atoms with Gasteiger partial charge in [-0.3, -0.25) is 0 Å². The van der Waals surface area contributed by atoms with Crippen molar-refractivity contribution in [1.82, 2.24) is 0 Å². The Balaban J connectivity index is 1.92. The Hall–Kier alpha value is -1.74. The van der Waals surface area contributed by atoms with Gasteiger partial charge in [0.2, 0.25) is 0 Å². The molecule has 0 spiro atoms. The van der Waals surface area contributed by atoms with E-state index in [2.05, 4.69) is 26.0 Å². The Morgan fingerprint density at radius 3 is 2.50 bits per heavy atom. The molecule has 2 nitrogen and oxygen atoms in total. The largest absolute Gasteiger partial charge is 0.563 e. The summed E-state index contributed by atoms with van der Waals surface area (Å²) < 4.78 is 11.7. The van der Waals surface area contributed by atoms with Crippen molar-refractivity contribution in [3.05, 3.63) is 59.2 Å². The van der Waals surface area contributed by atoms with Gasteiger partial charge in [0.1, 0.15) is 5.75 Å². The maximum atomic E-state index is 5.93. The van der Waals surface area contributed by atoms with Crippen molar-refractivity contribution in [3.63, 3.8) is 0 Å². The summed E-state index contributed by atoms with van der Waals surface area (Å²) in [6.07, 6.45) is 0. The van der Waals surface area contributed by atoms with Gasteiger partial charge in [-0.2, -0.15) is 0 Å². The van der Waals surface area contributed by atoms with Crippen LogP contribution in [-0.2, 0) is 11.3 Å². The molecule has 0 bridgehead atoms. The fraction of sp³-hybridized carbons (Fsp3) is 0.200. The van der Waals surface area contributed by atoms with Crippen molar-refractivity contribution in [2.75, 3.05) is 0 Å². The highest BCUT2D eigenvalue weighted by atomic mass is 16.6. The summed E-state index contributed by atoms with van der Waals surface area (Å²) in [5.74, 6) is 0.943. The van der Waals surface area contributed by atoms with Gasteiger partial charge in [0.05, 0.1) is 6.61 Å². The van der Waals surface area contributed by atoms with Crippen LogP contribution in [0, 0.1) is 13.8 Å². The lowest BCUT2D eigenvalue weighted by atomic mass is 9.77. The summed E-state index contributed by atoms with van der Waals surface area (Å²) in [5.41, 5.74) is 4.72. The molecule has 1 aliphatic rings. The molecule has 0 aromatic heterocycles. The monoisotopic (exact) mass is 238 g/mol. The van der Waals surface area contributed by atoms with Crippen LogP contribution >= 0.6 is 0 Å². The average molecular weight is 238 g/mol. The lowest BCUT2D eigenvalue weighted by Gasteiger charge is -2.24. The van der Waals surface area contributed by atoms with E-state index in [4.69, 9.17) is 9.31 Å². The van der Waals surface area contributed by atoms with E-state index in [1.807, 2.05) is 30.3 Å². The fourth-order valence-electron chi connectivity index (χ4n) is 2.16. The highest BCUT2D eigenvalue weighted by molar-refractivity contribution is 6.62. The third kappa shape index (κ3) is 2.02. The standard InChI is InChI=1S/C15H15BO2/c1-11-8-13-10-17-16(14-6-4-3-5-7-14)18-15(13)9-12(11)2/h3-9H,10H2,1-2H3. The van der Waals surface area contributed by atoms with Gasteiger partial charge in [-0.15, -0.1) is 0 Å². The molecule has 3 heteroatoms. The molecule has 0 saturated carbocycles. The second-order valence-corrected chi connectivity index (χ2v) is 4.72. The second kappa shape index (κ2) is 4.50. The van der Waals surface area contributed by atoms with Crippen molar-refractivity contribution in [3.8, 4) is 5.75 Å². The molecule has 1 aliphatic heterocycles. The van der Waals surface area contributed by atoms with Gasteiger partial charge in [0, 0.05) is 5.56 Å². The first-order valence-electron chi connectivity index (χ1n) is 6.17. The molecule has 18 heavy (non-hydrogen) atoms. The Labute approximate surface area is 108 Å². The number of benzene rings is 2. The maximum Gasteiger partial charge on any atom is 0.563 e. The Morgan fingerprint density at radius 1 is 1.00 bits per heavy atom. The average Bonchev–Trinajstić information content (AvgIpc) is 2.41. The number of hydrogen-bond acceptors (Lipinski definition) is 2. The van der Waals surface area contributed by atoms with Crippen LogP contribution in [0.2, 0.25) is 0 Å². The lowest BCUT2D eigenvalue weighted by molar-refractivity contribution is 0.238. The normalized spacial score (nSPS) is 14.0. The molecule has 2 aromatic rings. The zero-order chi connectivity index (χ0) is 12.5. The molecule has 0 N–H and O–H groups in total. The molecular weight excluding hydrogens is 223 g/mol. The van der Waals surface area contributed by atoms with Crippen LogP contribution in [0.3, 0.4) is 0 Å². The summed E-state index contributed by atoms with van der Waals surface area (Å²) in [4.78, 5) is 0. The molecule has 0 radical (unpaired) electrons. The Morgan fingerprint density at radius 2 is 1.72 bits per heavy atom. The molecule has 2 aromatic carbocycles. The Bertz CT molecular complexity index is 566. The minimum atomic E-state index is -0.291. The number of aryl methyl sites for hydroxylation is 2. The summed E-state index contributed by atoms with van der Waals surface area (Å²) in [6, 6.07) is 14.3. The van der Waals surface area contributed by atoms with E-state index in [1.165, 1.54) is 11.1 Å². The van der Waals surface area contributed by atoms with Gasteiger partial charge in [0.15, 0.2) is 0 Å². The first kappa shape index (κ1) is 11.4. The maximum absolute atomic E-state index is 5.93. The molecule has 3 rings (SSSR count). The third-order valence-electron chi connectivity index (χ3n) is 3.37. The first-order valence-corrected chi connectivity index (χ1v) is 6.17. The molecule has 0 amide bonds. The van der Waals surface area contributed by atoms with Crippen molar-refractivity contribution < 1.29 is 9.31 Å². The van der Waals surface area contributed by atoms with E-state index < -0.39 is 0 Å². The van der Waals surface area contributed by atoms with Gasteiger partial charge >= 0.3 is 7.12 Å². The number of hydrogen-bond donors (Lipinski definition) is 0. The van der Waals surface area contributed by atoms with Gasteiger partial charge in [-0.25, -0.2) is 0 Å². The first-order chi connectivity index (χ1) is 8.74. The van der Waals surface area contributed by atoms with Crippen LogP contribution in [-0.4, -0.2) is 7.12 Å². The highest BCUT2D eigenvalue weighted by Gasteiger charge is 2.29. The van der Waals surface area contributed by atoms with E-state index in [0.29, 0.717) is 6.61 Å². The number of rotatable bonds is 1. The molecule has 0 fully saturated rings. The van der Waals surface area contributed by atoms with E-state index in [0.717, 1.165) is 16.8 Å². The van der Waals surface area contributed by atoms with Gasteiger partial charge in [-0.1, -0.05) is 30.3 Å². The molecule has 90 valence electrons. The van der Waals surface area contributed by atoms with E-state index in [-0.39, 0.29) is 7.12 Å². The third-order valence-corrected chi connectivity index (χ3v) is 3.37. The van der Waals surface area contributed by atoms with Gasteiger partial charge < -0.3 is 9.31 Å². The summed E-state index contributed by atoms with van der Waals surface area (Å²) in [6.45, 7) is 4.82. The summed E-state index contributed by atoms with van der Waals surface area (Å²) in [7, 11) is -0.291. The zero-order valence-electron chi connectivity index (χ0n) is 10.6. The van der Waals surface area contributed by atoms with E-state index in [1.54, 1.807) is 0 Å². The van der Waals surface area contributed by atoms with Crippen molar-refractivity contribution in [2.45, 2.75) is 20.5 Å². The van der Waals surface area contributed by atoms with E-state index >= 15 is 0 Å². The van der Waals surface area contributed by atoms with E-state index in [9.17, 15) is 0 Å². The quantitative estimate of drug-likeness (QED) is 0.711. The zero-order valence-corrected chi connectivity index (χ0v) is 10.6. The van der Waals surface area contributed by atoms with Crippen molar-refractivity contribution >= 4 is 12.6 Å². The van der Waals surface area contributed by atoms with Gasteiger partial charge in [-0.05, 0) is 42.6 Å². The Kier molecular flexibility index (Phi) is 2.84. The molecule has 0 aliphatic carbocycles. The van der Waals surface area contributed by atoms with Crippen molar-refractivity contribution in [1.29, 1.82) is 0 Å². The molecule has 1 heterocycles. The number of fused-ring (bicyclic) bond motifs is 1. The summed E-state index contributed by atoms with van der Waals surface area (Å²) >= 11 is 0. The fourth-order valence-corrected chi connectivity index (χ4v) is 2.16. The smallest absolute Gasteiger partial charge is 0.532 e. The molecule has 0 saturated heterocycles. The lowest BCUT2D eigenvalue weighted by Crippen LogP contribution is -2.42. The minimum absolute atomic E-state index is 0.291. The predicted octanol–water partition coefficient (Wildman–Crippen LogP) is 2.61. The molecule has 0 unspecified atom stereocenters.